The number of furan rings is 1. The van der Waals surface area contributed by atoms with Gasteiger partial charge in [0.25, 0.3) is 0 Å². The monoisotopic (exact) mass is 382 g/mol. The van der Waals surface area contributed by atoms with Gasteiger partial charge in [0.15, 0.2) is 5.76 Å². The van der Waals surface area contributed by atoms with Crippen LogP contribution >= 0.6 is 0 Å². The van der Waals surface area contributed by atoms with Gasteiger partial charge in [-0.1, -0.05) is 12.5 Å². The fourth-order valence-electron chi connectivity index (χ4n) is 2.95. The van der Waals surface area contributed by atoms with Crippen molar-refractivity contribution in [2.45, 2.75) is 19.3 Å². The number of hydrogen-bond acceptors (Lipinski definition) is 6. The summed E-state index contributed by atoms with van der Waals surface area (Å²) in [7, 11) is 1.60. The molecule has 0 bridgehead atoms. The lowest BCUT2D eigenvalue weighted by Crippen LogP contribution is -2.28. The fraction of sp³-hybridized carbons (Fsp3) is 0.350. The van der Waals surface area contributed by atoms with E-state index < -0.39 is 0 Å². The van der Waals surface area contributed by atoms with Gasteiger partial charge in [0.1, 0.15) is 6.61 Å². The molecule has 1 aromatic carbocycles. The molecular weight excluding hydrogens is 360 g/mol. The molecule has 0 saturated heterocycles. The summed E-state index contributed by atoms with van der Waals surface area (Å²) in [6, 6.07) is 11.3. The first-order chi connectivity index (χ1) is 13.7. The number of hydrogen-bond donors (Lipinski definition) is 1. The van der Waals surface area contributed by atoms with E-state index in [-0.39, 0.29) is 17.8 Å². The van der Waals surface area contributed by atoms with Crippen molar-refractivity contribution in [2.75, 3.05) is 25.6 Å². The van der Waals surface area contributed by atoms with Crippen LogP contribution in [-0.2, 0) is 9.53 Å². The molecule has 8 nitrogen and oxygen atoms in total. The van der Waals surface area contributed by atoms with Gasteiger partial charge in [0.2, 0.25) is 11.7 Å². The minimum Gasteiger partial charge on any atom is -0.461 e. The molecule has 0 spiro atoms. The lowest BCUT2D eigenvalue weighted by molar-refractivity contribution is -0.122. The zero-order valence-electron chi connectivity index (χ0n) is 15.6. The van der Waals surface area contributed by atoms with Crippen molar-refractivity contribution in [3.05, 3.63) is 42.7 Å². The number of carbonyl (C=O) groups excluding carboxylic acids is 1. The molecule has 1 N–H and O–H groups in total. The van der Waals surface area contributed by atoms with E-state index >= 15 is 0 Å². The SMILES string of the molecule is COCCOc1nc(-c2ccco2)n(-c2cccc(NC(=O)C3CCC3)c2)n1. The third-order valence-corrected chi connectivity index (χ3v) is 4.68. The van der Waals surface area contributed by atoms with Gasteiger partial charge in [-0.2, -0.15) is 4.98 Å². The van der Waals surface area contributed by atoms with E-state index in [9.17, 15) is 4.79 Å². The molecule has 2 heterocycles. The van der Waals surface area contributed by atoms with Gasteiger partial charge in [-0.05, 0) is 43.2 Å². The van der Waals surface area contributed by atoms with E-state index in [1.165, 1.54) is 0 Å². The maximum absolute atomic E-state index is 12.3. The van der Waals surface area contributed by atoms with Crippen molar-refractivity contribution in [3.8, 4) is 23.3 Å². The number of aromatic nitrogens is 3. The average Bonchev–Trinajstić information content (AvgIpc) is 3.30. The van der Waals surface area contributed by atoms with Crippen LogP contribution in [-0.4, -0.2) is 41.0 Å². The first-order valence-electron chi connectivity index (χ1n) is 9.28. The maximum atomic E-state index is 12.3. The van der Waals surface area contributed by atoms with Crippen molar-refractivity contribution in [3.63, 3.8) is 0 Å². The largest absolute Gasteiger partial charge is 0.461 e. The molecule has 0 radical (unpaired) electrons. The van der Waals surface area contributed by atoms with Gasteiger partial charge in [0, 0.05) is 18.7 Å². The Morgan fingerprint density at radius 2 is 2.18 bits per heavy atom. The Labute approximate surface area is 162 Å². The van der Waals surface area contributed by atoms with Crippen LogP contribution in [0.4, 0.5) is 5.69 Å². The summed E-state index contributed by atoms with van der Waals surface area (Å²) in [6.45, 7) is 0.781. The minimum absolute atomic E-state index is 0.0665. The Morgan fingerprint density at radius 3 is 2.89 bits per heavy atom. The summed E-state index contributed by atoms with van der Waals surface area (Å²) in [5.41, 5.74) is 1.46. The molecule has 1 aliphatic rings. The Balaban J connectivity index is 1.61. The molecule has 1 amide bonds. The predicted molar refractivity (Wildman–Crippen MR) is 102 cm³/mol. The molecule has 1 fully saturated rings. The molecule has 0 aliphatic heterocycles. The number of amides is 1. The summed E-state index contributed by atoms with van der Waals surface area (Å²) in [6.07, 6.45) is 4.61. The summed E-state index contributed by atoms with van der Waals surface area (Å²) < 4.78 is 17.7. The summed E-state index contributed by atoms with van der Waals surface area (Å²) >= 11 is 0. The van der Waals surface area contributed by atoms with Crippen molar-refractivity contribution in [1.29, 1.82) is 0 Å². The highest BCUT2D eigenvalue weighted by Crippen LogP contribution is 2.29. The minimum atomic E-state index is 0.0665. The lowest BCUT2D eigenvalue weighted by Gasteiger charge is -2.24. The first-order valence-corrected chi connectivity index (χ1v) is 9.28. The molecule has 2 aromatic heterocycles. The van der Waals surface area contributed by atoms with Gasteiger partial charge in [-0.3, -0.25) is 4.79 Å². The number of nitrogens with zero attached hydrogens (tertiary/aromatic N) is 3. The average molecular weight is 382 g/mol. The van der Waals surface area contributed by atoms with Crippen LogP contribution in [0.15, 0.2) is 47.1 Å². The molecule has 146 valence electrons. The number of anilines is 1. The first kappa shape index (κ1) is 18.2. The molecule has 8 heteroatoms. The van der Waals surface area contributed by atoms with Crippen LogP contribution in [0.3, 0.4) is 0 Å². The number of ether oxygens (including phenoxy) is 2. The van der Waals surface area contributed by atoms with E-state index in [4.69, 9.17) is 13.9 Å². The van der Waals surface area contributed by atoms with Crippen LogP contribution in [0, 0.1) is 5.92 Å². The van der Waals surface area contributed by atoms with Crippen LogP contribution in [0.25, 0.3) is 17.3 Å². The van der Waals surface area contributed by atoms with E-state index in [0.717, 1.165) is 30.6 Å². The molecule has 28 heavy (non-hydrogen) atoms. The van der Waals surface area contributed by atoms with Crippen LogP contribution < -0.4 is 10.1 Å². The van der Waals surface area contributed by atoms with Crippen molar-refractivity contribution in [1.82, 2.24) is 14.8 Å². The molecule has 1 aliphatic carbocycles. The number of benzene rings is 1. The Hall–Kier alpha value is -3.13. The third-order valence-electron chi connectivity index (χ3n) is 4.68. The highest BCUT2D eigenvalue weighted by Gasteiger charge is 2.25. The normalized spacial score (nSPS) is 13.9. The second-order valence-corrected chi connectivity index (χ2v) is 6.62. The standard InChI is InChI=1S/C20H22N4O4/c1-26-11-12-28-20-22-18(17-9-4-10-27-17)24(23-20)16-8-3-7-15(13-16)21-19(25)14-5-2-6-14/h3-4,7-10,13-14H,2,5-6,11-12H2,1H3,(H,21,25). The van der Waals surface area contributed by atoms with Crippen LogP contribution in [0.2, 0.25) is 0 Å². The molecule has 1 saturated carbocycles. The number of rotatable bonds is 8. The van der Waals surface area contributed by atoms with E-state index in [1.54, 1.807) is 24.1 Å². The highest BCUT2D eigenvalue weighted by molar-refractivity contribution is 5.93. The van der Waals surface area contributed by atoms with E-state index in [1.807, 2.05) is 30.3 Å². The van der Waals surface area contributed by atoms with Crippen LogP contribution in [0.5, 0.6) is 6.01 Å². The predicted octanol–water partition coefficient (Wildman–Crippen LogP) is 3.29. The highest BCUT2D eigenvalue weighted by atomic mass is 16.5. The van der Waals surface area contributed by atoms with Gasteiger partial charge >= 0.3 is 6.01 Å². The molecule has 3 aromatic rings. The third kappa shape index (κ3) is 3.91. The fourth-order valence-corrected chi connectivity index (χ4v) is 2.95. The summed E-state index contributed by atoms with van der Waals surface area (Å²) in [5.74, 6) is 1.27. The van der Waals surface area contributed by atoms with Crippen molar-refractivity contribution >= 4 is 11.6 Å². The zero-order chi connectivity index (χ0) is 19.3. The van der Waals surface area contributed by atoms with Gasteiger partial charge < -0.3 is 19.2 Å². The van der Waals surface area contributed by atoms with E-state index in [0.29, 0.717) is 24.8 Å². The summed E-state index contributed by atoms with van der Waals surface area (Å²) in [4.78, 5) is 16.7. The smallest absolute Gasteiger partial charge is 0.336 e. The Morgan fingerprint density at radius 1 is 1.29 bits per heavy atom. The molecule has 4 rings (SSSR count). The van der Waals surface area contributed by atoms with Gasteiger partial charge in [-0.15, -0.1) is 5.10 Å². The molecular formula is C20H22N4O4. The van der Waals surface area contributed by atoms with E-state index in [2.05, 4.69) is 15.4 Å². The zero-order valence-corrected chi connectivity index (χ0v) is 15.6. The second kappa shape index (κ2) is 8.26. The molecule has 0 unspecified atom stereocenters. The summed E-state index contributed by atoms with van der Waals surface area (Å²) in [5, 5.41) is 7.43. The molecule has 0 atom stereocenters. The number of carbonyl (C=O) groups is 1. The lowest BCUT2D eigenvalue weighted by atomic mass is 9.85. The quantitative estimate of drug-likeness (QED) is 0.601. The van der Waals surface area contributed by atoms with Crippen molar-refractivity contribution < 1.29 is 18.7 Å². The second-order valence-electron chi connectivity index (χ2n) is 6.62. The Kier molecular flexibility index (Phi) is 5.38. The van der Waals surface area contributed by atoms with Crippen molar-refractivity contribution in [2.24, 2.45) is 5.92 Å². The van der Waals surface area contributed by atoms with Gasteiger partial charge in [0.05, 0.1) is 18.6 Å². The topological polar surface area (TPSA) is 91.4 Å². The van der Waals surface area contributed by atoms with Crippen LogP contribution in [0.1, 0.15) is 19.3 Å². The number of nitrogens with one attached hydrogen (secondary N) is 1. The Bertz CT molecular complexity index is 932. The van der Waals surface area contributed by atoms with Gasteiger partial charge in [-0.25, -0.2) is 4.68 Å². The number of methoxy groups -OCH3 is 1. The maximum Gasteiger partial charge on any atom is 0.336 e.